The molecule has 2 rings (SSSR count). The van der Waals surface area contributed by atoms with Crippen LogP contribution in [0.25, 0.3) is 0 Å². The van der Waals surface area contributed by atoms with Gasteiger partial charge in [-0.25, -0.2) is 8.42 Å². The van der Waals surface area contributed by atoms with Crippen LogP contribution in [0.2, 0.25) is 0 Å². The summed E-state index contributed by atoms with van der Waals surface area (Å²) >= 11 is 1.16. The molecule has 2 aromatic rings. The molecule has 0 unspecified atom stereocenters. The van der Waals surface area contributed by atoms with E-state index in [1.165, 1.54) is 18.3 Å². The Balaban J connectivity index is 1.94. The van der Waals surface area contributed by atoms with Gasteiger partial charge in [0.15, 0.2) is 0 Å². The molecule has 0 bridgehead atoms. The van der Waals surface area contributed by atoms with Gasteiger partial charge in [0.25, 0.3) is 10.0 Å². The smallest absolute Gasteiger partial charge is 0.252 e. The second-order valence-electron chi connectivity index (χ2n) is 5.57. The summed E-state index contributed by atoms with van der Waals surface area (Å²) in [6, 6.07) is 10.9. The van der Waals surface area contributed by atoms with E-state index in [1.54, 1.807) is 12.1 Å². The number of carbonyl (C=O) groups is 1. The Morgan fingerprint density at radius 2 is 1.96 bits per heavy atom. The molecule has 0 aliphatic carbocycles. The zero-order chi connectivity index (χ0) is 18.4. The van der Waals surface area contributed by atoms with E-state index in [0.29, 0.717) is 6.54 Å². The molecule has 1 heterocycles. The molecule has 0 aliphatic heterocycles. The number of sulfonamides is 1. The van der Waals surface area contributed by atoms with Crippen LogP contribution in [0, 0.1) is 6.92 Å². The van der Waals surface area contributed by atoms with Crippen molar-refractivity contribution in [2.24, 2.45) is 0 Å². The van der Waals surface area contributed by atoms with E-state index in [4.69, 9.17) is 4.74 Å². The zero-order valence-electron chi connectivity index (χ0n) is 14.5. The first kappa shape index (κ1) is 19.4. The molecule has 0 saturated heterocycles. The first-order valence-electron chi connectivity index (χ1n) is 7.78. The Morgan fingerprint density at radius 1 is 1.24 bits per heavy atom. The van der Waals surface area contributed by atoms with Crippen molar-refractivity contribution in [3.63, 3.8) is 0 Å². The van der Waals surface area contributed by atoms with Crippen LogP contribution in [0.15, 0.2) is 40.6 Å². The van der Waals surface area contributed by atoms with Crippen LogP contribution in [-0.2, 0) is 21.4 Å². The van der Waals surface area contributed by atoms with Gasteiger partial charge in [-0.3, -0.25) is 4.79 Å². The number of ether oxygens (including phenoxy) is 1. The average Bonchev–Trinajstić information content (AvgIpc) is 3.04. The maximum absolute atomic E-state index is 12.6. The normalized spacial score (nSPS) is 11.5. The number of rotatable bonds is 8. The van der Waals surface area contributed by atoms with Gasteiger partial charge in [-0.1, -0.05) is 18.2 Å². The minimum absolute atomic E-state index is 0.150. The second kappa shape index (κ2) is 8.46. The van der Waals surface area contributed by atoms with Crippen molar-refractivity contribution in [2.75, 3.05) is 20.2 Å². The van der Waals surface area contributed by atoms with Crippen LogP contribution >= 0.6 is 11.3 Å². The van der Waals surface area contributed by atoms with Crippen molar-refractivity contribution in [2.45, 2.75) is 24.6 Å². The molecule has 136 valence electrons. The maximum Gasteiger partial charge on any atom is 0.252 e. The molecular weight excluding hydrogens is 360 g/mol. The van der Waals surface area contributed by atoms with Gasteiger partial charge in [0, 0.05) is 25.4 Å². The molecule has 0 aliphatic rings. The highest BCUT2D eigenvalue weighted by Crippen LogP contribution is 2.24. The number of benzene rings is 1. The van der Waals surface area contributed by atoms with Crippen LogP contribution < -0.4 is 10.1 Å². The third-order valence-electron chi connectivity index (χ3n) is 3.57. The number of para-hydroxylation sites is 1. The number of hydrogen-bond acceptors (Lipinski definition) is 5. The zero-order valence-corrected chi connectivity index (χ0v) is 16.1. The van der Waals surface area contributed by atoms with Crippen molar-refractivity contribution in [3.05, 3.63) is 46.8 Å². The van der Waals surface area contributed by atoms with Gasteiger partial charge in [-0.15, -0.1) is 11.3 Å². The topological polar surface area (TPSA) is 75.7 Å². The lowest BCUT2D eigenvalue weighted by molar-refractivity contribution is -0.119. The van der Waals surface area contributed by atoms with Crippen molar-refractivity contribution >= 4 is 27.3 Å². The molecular formula is C17H22N2O4S2. The average molecular weight is 383 g/mol. The first-order chi connectivity index (χ1) is 11.8. The summed E-state index contributed by atoms with van der Waals surface area (Å²) in [5.41, 5.74) is 1.01. The molecule has 25 heavy (non-hydrogen) atoms. The van der Waals surface area contributed by atoms with E-state index in [1.807, 2.05) is 31.2 Å². The molecule has 0 radical (unpaired) electrons. The summed E-state index contributed by atoms with van der Waals surface area (Å²) < 4.78 is 32.4. The van der Waals surface area contributed by atoms with Gasteiger partial charge >= 0.3 is 0 Å². The second-order valence-corrected chi connectivity index (χ2v) is 9.01. The highest BCUT2D eigenvalue weighted by Gasteiger charge is 2.22. The lowest BCUT2D eigenvalue weighted by atomic mass is 10.2. The molecule has 8 heteroatoms. The number of nitrogens with zero attached hydrogens (tertiary/aromatic N) is 1. The van der Waals surface area contributed by atoms with E-state index in [2.05, 4.69) is 5.32 Å². The molecule has 1 amide bonds. The molecule has 0 fully saturated rings. The Kier molecular flexibility index (Phi) is 6.57. The molecule has 0 atom stereocenters. The molecule has 1 N–H and O–H groups in total. The molecule has 1 aromatic heterocycles. The standard InChI is InChI=1S/C17H22N2O4S2/c1-13-6-4-5-7-16(13)23-11-10-19(3)25(21,22)17-9-8-15(24-17)12-18-14(2)20/h4-9H,10-12H2,1-3H3,(H,18,20). The lowest BCUT2D eigenvalue weighted by Gasteiger charge is -2.17. The number of aryl methyl sites for hydroxylation is 1. The highest BCUT2D eigenvalue weighted by molar-refractivity contribution is 7.91. The van der Waals surface area contributed by atoms with Crippen LogP contribution in [0.5, 0.6) is 5.75 Å². The minimum atomic E-state index is -3.56. The Labute approximate surface area is 152 Å². The third kappa shape index (κ3) is 5.29. The van der Waals surface area contributed by atoms with E-state index < -0.39 is 10.0 Å². The number of carbonyl (C=O) groups excluding carboxylic acids is 1. The third-order valence-corrected chi connectivity index (χ3v) is 6.98. The monoisotopic (exact) mass is 382 g/mol. The van der Waals surface area contributed by atoms with Gasteiger partial charge in [0.2, 0.25) is 5.91 Å². The number of amides is 1. The van der Waals surface area contributed by atoms with Crippen LogP contribution in [-0.4, -0.2) is 38.8 Å². The summed E-state index contributed by atoms with van der Waals surface area (Å²) in [6.07, 6.45) is 0. The minimum Gasteiger partial charge on any atom is -0.492 e. The van der Waals surface area contributed by atoms with E-state index in [9.17, 15) is 13.2 Å². The molecule has 1 aromatic carbocycles. The Hall–Kier alpha value is -1.90. The predicted molar refractivity (Wildman–Crippen MR) is 98.3 cm³/mol. The van der Waals surface area contributed by atoms with E-state index >= 15 is 0 Å². The largest absolute Gasteiger partial charge is 0.492 e. The number of thiophene rings is 1. The summed E-state index contributed by atoms with van der Waals surface area (Å²) in [7, 11) is -2.03. The fourth-order valence-corrected chi connectivity index (χ4v) is 4.74. The van der Waals surface area contributed by atoms with Crippen molar-refractivity contribution in [1.29, 1.82) is 0 Å². The summed E-state index contributed by atoms with van der Waals surface area (Å²) in [5.74, 6) is 0.602. The first-order valence-corrected chi connectivity index (χ1v) is 10.0. The van der Waals surface area contributed by atoms with Gasteiger partial charge in [0.05, 0.1) is 6.54 Å². The van der Waals surface area contributed by atoms with E-state index in [0.717, 1.165) is 27.5 Å². The van der Waals surface area contributed by atoms with Crippen LogP contribution in [0.3, 0.4) is 0 Å². The lowest BCUT2D eigenvalue weighted by Crippen LogP contribution is -2.30. The molecule has 0 saturated carbocycles. The fraction of sp³-hybridized carbons (Fsp3) is 0.353. The Bertz CT molecular complexity index is 831. The van der Waals surface area contributed by atoms with Gasteiger partial charge in [0.1, 0.15) is 16.6 Å². The van der Waals surface area contributed by atoms with Gasteiger partial charge in [-0.2, -0.15) is 4.31 Å². The highest BCUT2D eigenvalue weighted by atomic mass is 32.2. The number of nitrogens with one attached hydrogen (secondary N) is 1. The molecule has 0 spiro atoms. The summed E-state index contributed by atoms with van der Waals surface area (Å²) in [5, 5.41) is 2.66. The van der Waals surface area contributed by atoms with Crippen LogP contribution in [0.4, 0.5) is 0 Å². The Morgan fingerprint density at radius 3 is 2.64 bits per heavy atom. The number of hydrogen-bond donors (Lipinski definition) is 1. The summed E-state index contributed by atoms with van der Waals surface area (Å²) in [4.78, 5) is 11.7. The molecule has 6 nitrogen and oxygen atoms in total. The van der Waals surface area contributed by atoms with Crippen molar-refractivity contribution < 1.29 is 17.9 Å². The maximum atomic E-state index is 12.6. The predicted octanol–water partition coefficient (Wildman–Crippen LogP) is 2.39. The SMILES string of the molecule is CC(=O)NCc1ccc(S(=O)(=O)N(C)CCOc2ccccc2C)s1. The summed E-state index contributed by atoms with van der Waals surface area (Å²) in [6.45, 7) is 4.21. The quantitative estimate of drug-likeness (QED) is 0.761. The van der Waals surface area contributed by atoms with Crippen molar-refractivity contribution in [1.82, 2.24) is 9.62 Å². The van der Waals surface area contributed by atoms with Gasteiger partial charge < -0.3 is 10.1 Å². The number of likely N-dealkylation sites (N-methyl/N-ethyl adjacent to an activating group) is 1. The fourth-order valence-electron chi connectivity index (χ4n) is 2.08. The van der Waals surface area contributed by atoms with Gasteiger partial charge in [-0.05, 0) is 30.7 Å². The van der Waals surface area contributed by atoms with Crippen molar-refractivity contribution in [3.8, 4) is 5.75 Å². The van der Waals surface area contributed by atoms with E-state index in [-0.39, 0.29) is 23.3 Å². The van der Waals surface area contributed by atoms with Crippen LogP contribution in [0.1, 0.15) is 17.4 Å².